The van der Waals surface area contributed by atoms with Crippen LogP contribution in [0.4, 0.5) is 0 Å². The Labute approximate surface area is 139 Å². The number of esters is 2. The van der Waals surface area contributed by atoms with Crippen LogP contribution in [0.15, 0.2) is 0 Å². The molecular weight excluding hydrogens is 294 g/mol. The number of nitrogens with one attached hydrogen (secondary N) is 1. The minimum atomic E-state index is -0.0896. The molecule has 2 aliphatic carbocycles. The molecule has 1 N–H and O–H groups in total. The van der Waals surface area contributed by atoms with Crippen LogP contribution in [0.1, 0.15) is 65.2 Å². The van der Waals surface area contributed by atoms with Crippen LogP contribution in [0.25, 0.3) is 0 Å². The number of carbonyl (C=O) groups is 2. The Hall–Kier alpha value is -1.10. The lowest BCUT2D eigenvalue weighted by atomic mass is 9.80. The Balaban J connectivity index is 2.00. The van der Waals surface area contributed by atoms with E-state index in [4.69, 9.17) is 9.47 Å². The summed E-state index contributed by atoms with van der Waals surface area (Å²) in [4.78, 5) is 24.4. The van der Waals surface area contributed by atoms with Crippen molar-refractivity contribution >= 4 is 11.9 Å². The summed E-state index contributed by atoms with van der Waals surface area (Å²) in [7, 11) is 0. The highest BCUT2D eigenvalue weighted by Crippen LogP contribution is 2.30. The maximum atomic E-state index is 12.2. The van der Waals surface area contributed by atoms with Crippen LogP contribution >= 0.6 is 0 Å². The first kappa shape index (κ1) is 18.2. The van der Waals surface area contributed by atoms with Gasteiger partial charge in [0.2, 0.25) is 0 Å². The third-order valence-electron chi connectivity index (χ3n) is 5.14. The second kappa shape index (κ2) is 9.26. The fourth-order valence-electron chi connectivity index (χ4n) is 4.00. The van der Waals surface area contributed by atoms with Crippen molar-refractivity contribution in [1.82, 2.24) is 5.32 Å². The summed E-state index contributed by atoms with van der Waals surface area (Å²) in [5, 5.41) is 3.63. The van der Waals surface area contributed by atoms with Gasteiger partial charge >= 0.3 is 11.9 Å². The highest BCUT2D eigenvalue weighted by atomic mass is 16.5. The Kier molecular flexibility index (Phi) is 7.34. The highest BCUT2D eigenvalue weighted by Gasteiger charge is 2.38. The summed E-state index contributed by atoms with van der Waals surface area (Å²) >= 11 is 0. The zero-order valence-electron chi connectivity index (χ0n) is 14.5. The van der Waals surface area contributed by atoms with Crippen molar-refractivity contribution in [3.8, 4) is 0 Å². The fraction of sp³-hybridized carbons (Fsp3) is 0.889. The monoisotopic (exact) mass is 325 g/mol. The van der Waals surface area contributed by atoms with E-state index in [1.54, 1.807) is 0 Å². The number of hydrogen-bond acceptors (Lipinski definition) is 5. The Morgan fingerprint density at radius 2 is 1.17 bits per heavy atom. The summed E-state index contributed by atoms with van der Waals surface area (Å²) < 4.78 is 10.5. The molecule has 0 radical (unpaired) electrons. The molecule has 0 amide bonds. The van der Waals surface area contributed by atoms with Crippen LogP contribution in [0, 0.1) is 11.8 Å². The van der Waals surface area contributed by atoms with E-state index in [0.717, 1.165) is 51.4 Å². The number of ether oxygens (including phenoxy) is 2. The lowest BCUT2D eigenvalue weighted by Crippen LogP contribution is -2.52. The molecule has 0 aliphatic heterocycles. The van der Waals surface area contributed by atoms with Crippen LogP contribution in [0.5, 0.6) is 0 Å². The molecule has 4 atom stereocenters. The smallest absolute Gasteiger partial charge is 0.310 e. The molecule has 0 heterocycles. The normalized spacial score (nSPS) is 31.4. The first-order valence-corrected chi connectivity index (χ1v) is 9.26. The fourth-order valence-corrected chi connectivity index (χ4v) is 4.00. The minimum Gasteiger partial charge on any atom is -0.466 e. The number of rotatable bonds is 6. The molecule has 0 saturated heterocycles. The van der Waals surface area contributed by atoms with Crippen molar-refractivity contribution < 1.29 is 19.1 Å². The highest BCUT2D eigenvalue weighted by molar-refractivity contribution is 5.74. The van der Waals surface area contributed by atoms with E-state index in [1.165, 1.54) is 0 Å². The van der Waals surface area contributed by atoms with Crippen LogP contribution in [-0.4, -0.2) is 37.2 Å². The molecule has 4 unspecified atom stereocenters. The SMILES string of the molecule is CCOC(=O)C1CCCCC1NC1CCCCC1C(=O)OCC. The van der Waals surface area contributed by atoms with Gasteiger partial charge in [0.15, 0.2) is 0 Å². The summed E-state index contributed by atoms with van der Waals surface area (Å²) in [5.41, 5.74) is 0. The van der Waals surface area contributed by atoms with Crippen molar-refractivity contribution in [2.45, 2.75) is 77.3 Å². The van der Waals surface area contributed by atoms with E-state index in [0.29, 0.717) is 13.2 Å². The van der Waals surface area contributed by atoms with Crippen LogP contribution < -0.4 is 5.32 Å². The zero-order chi connectivity index (χ0) is 16.7. The maximum Gasteiger partial charge on any atom is 0.310 e. The van der Waals surface area contributed by atoms with E-state index in [1.807, 2.05) is 13.8 Å². The molecule has 5 heteroatoms. The van der Waals surface area contributed by atoms with Gasteiger partial charge in [-0.05, 0) is 39.5 Å². The van der Waals surface area contributed by atoms with Crippen molar-refractivity contribution in [2.24, 2.45) is 11.8 Å². The van der Waals surface area contributed by atoms with E-state index < -0.39 is 0 Å². The molecule has 2 fully saturated rings. The average Bonchev–Trinajstić information content (AvgIpc) is 2.56. The van der Waals surface area contributed by atoms with Gasteiger partial charge in [-0.3, -0.25) is 9.59 Å². The number of carbonyl (C=O) groups excluding carboxylic acids is 2. The average molecular weight is 325 g/mol. The van der Waals surface area contributed by atoms with Gasteiger partial charge in [-0.25, -0.2) is 0 Å². The summed E-state index contributed by atoms with van der Waals surface area (Å²) in [6, 6.07) is 0.255. The van der Waals surface area contributed by atoms with Gasteiger partial charge in [0.05, 0.1) is 25.0 Å². The molecule has 23 heavy (non-hydrogen) atoms. The quantitative estimate of drug-likeness (QED) is 0.761. The first-order valence-electron chi connectivity index (χ1n) is 9.26. The Bertz CT molecular complexity index is 362. The second-order valence-corrected chi connectivity index (χ2v) is 6.67. The molecule has 0 bridgehead atoms. The lowest BCUT2D eigenvalue weighted by Gasteiger charge is -2.38. The third-order valence-corrected chi connectivity index (χ3v) is 5.14. The largest absolute Gasteiger partial charge is 0.466 e. The predicted molar refractivity (Wildman–Crippen MR) is 87.9 cm³/mol. The van der Waals surface area contributed by atoms with Crippen molar-refractivity contribution in [3.05, 3.63) is 0 Å². The predicted octanol–water partition coefficient (Wildman–Crippen LogP) is 2.82. The Morgan fingerprint density at radius 1 is 0.783 bits per heavy atom. The van der Waals surface area contributed by atoms with E-state index in [9.17, 15) is 9.59 Å². The van der Waals surface area contributed by atoms with E-state index in [2.05, 4.69) is 5.32 Å². The lowest BCUT2D eigenvalue weighted by molar-refractivity contribution is -0.151. The molecule has 0 spiro atoms. The van der Waals surface area contributed by atoms with Crippen LogP contribution in [-0.2, 0) is 19.1 Å². The van der Waals surface area contributed by atoms with Gasteiger partial charge in [0.25, 0.3) is 0 Å². The third kappa shape index (κ3) is 4.93. The molecule has 2 rings (SSSR count). The topological polar surface area (TPSA) is 64.6 Å². The van der Waals surface area contributed by atoms with Gasteiger partial charge < -0.3 is 14.8 Å². The molecule has 5 nitrogen and oxygen atoms in total. The zero-order valence-corrected chi connectivity index (χ0v) is 14.5. The molecule has 0 aromatic carbocycles. The van der Waals surface area contributed by atoms with E-state index >= 15 is 0 Å². The summed E-state index contributed by atoms with van der Waals surface area (Å²) in [6.07, 6.45) is 8.14. The van der Waals surface area contributed by atoms with Gasteiger partial charge in [-0.1, -0.05) is 25.7 Å². The van der Waals surface area contributed by atoms with Crippen molar-refractivity contribution in [2.75, 3.05) is 13.2 Å². The van der Waals surface area contributed by atoms with Crippen LogP contribution in [0.2, 0.25) is 0 Å². The maximum absolute atomic E-state index is 12.2. The summed E-state index contributed by atoms with van der Waals surface area (Å²) in [6.45, 7) is 4.55. The van der Waals surface area contributed by atoms with Gasteiger partial charge in [0.1, 0.15) is 0 Å². The molecular formula is C18H31NO4. The van der Waals surface area contributed by atoms with E-state index in [-0.39, 0.29) is 35.9 Å². The second-order valence-electron chi connectivity index (χ2n) is 6.67. The first-order chi connectivity index (χ1) is 11.2. The van der Waals surface area contributed by atoms with Crippen molar-refractivity contribution in [3.63, 3.8) is 0 Å². The van der Waals surface area contributed by atoms with Gasteiger partial charge in [0, 0.05) is 12.1 Å². The standard InChI is InChI=1S/C18H31NO4/c1-3-22-17(20)13-9-5-7-11-15(13)19-16-12-8-6-10-14(16)18(21)23-4-2/h13-16,19H,3-12H2,1-2H3. The van der Waals surface area contributed by atoms with Crippen LogP contribution in [0.3, 0.4) is 0 Å². The number of hydrogen-bond donors (Lipinski definition) is 1. The molecule has 0 aromatic rings. The summed E-state index contributed by atoms with van der Waals surface area (Å²) in [5.74, 6) is -0.330. The molecule has 132 valence electrons. The van der Waals surface area contributed by atoms with Gasteiger partial charge in [-0.2, -0.15) is 0 Å². The van der Waals surface area contributed by atoms with Gasteiger partial charge in [-0.15, -0.1) is 0 Å². The minimum absolute atomic E-state index is 0.0755. The molecule has 0 aromatic heterocycles. The molecule has 2 aliphatic rings. The Morgan fingerprint density at radius 3 is 1.57 bits per heavy atom. The van der Waals surface area contributed by atoms with Crippen molar-refractivity contribution in [1.29, 1.82) is 0 Å². The molecule has 2 saturated carbocycles.